The fraction of sp³-hybridized carbons (Fsp3) is 0.375. The van der Waals surface area contributed by atoms with Gasteiger partial charge in [0.15, 0.2) is 23.8 Å². The molecule has 0 saturated heterocycles. The van der Waals surface area contributed by atoms with Crippen LogP contribution in [0, 0.1) is 0 Å². The number of aliphatic hydroxyl groups excluding tert-OH is 3. The average molecular weight is 337 g/mol. The highest BCUT2D eigenvalue weighted by atomic mass is 16.5. The van der Waals surface area contributed by atoms with E-state index in [2.05, 4.69) is 4.98 Å². The van der Waals surface area contributed by atoms with E-state index in [4.69, 9.17) is 9.84 Å². The first-order valence-corrected chi connectivity index (χ1v) is 7.24. The molecule has 0 spiro atoms. The number of Topliss-reactive ketones (excluding diaryl/α,β-unsaturated/α-hetero) is 1. The topological polar surface area (TPSA) is 140 Å². The number of carbonyl (C=O) groups excluding carboxylic acids is 2. The van der Waals surface area contributed by atoms with Gasteiger partial charge in [-0.25, -0.2) is 0 Å². The van der Waals surface area contributed by atoms with Crippen molar-refractivity contribution in [3.8, 4) is 5.75 Å². The normalized spacial score (nSPS) is 17.7. The molecule has 0 unspecified atom stereocenters. The van der Waals surface area contributed by atoms with Gasteiger partial charge in [-0.15, -0.1) is 0 Å². The van der Waals surface area contributed by atoms with Crippen LogP contribution in [0.2, 0.25) is 0 Å². The van der Waals surface area contributed by atoms with Crippen LogP contribution in [0.3, 0.4) is 0 Å². The average Bonchev–Trinajstić information content (AvgIpc) is 3.00. The van der Waals surface area contributed by atoms with Gasteiger partial charge in [0.25, 0.3) is 0 Å². The van der Waals surface area contributed by atoms with Gasteiger partial charge in [-0.05, 0) is 19.1 Å². The lowest BCUT2D eigenvalue weighted by Gasteiger charge is -2.36. The van der Waals surface area contributed by atoms with E-state index in [1.807, 2.05) is 0 Å². The highest BCUT2D eigenvalue weighted by molar-refractivity contribution is 5.91. The maximum absolute atomic E-state index is 11.9. The molecule has 1 aromatic carbocycles. The van der Waals surface area contributed by atoms with E-state index in [-0.39, 0.29) is 12.0 Å². The fourth-order valence-corrected chi connectivity index (χ4v) is 2.47. The Morgan fingerprint density at radius 2 is 2.04 bits per heavy atom. The summed E-state index contributed by atoms with van der Waals surface area (Å²) in [6, 6.07) is 6.99. The van der Waals surface area contributed by atoms with Crippen molar-refractivity contribution in [1.29, 1.82) is 0 Å². The molecule has 0 radical (unpaired) electrons. The monoisotopic (exact) mass is 337 g/mol. The van der Waals surface area contributed by atoms with Gasteiger partial charge in [0.05, 0.1) is 6.61 Å². The minimum absolute atomic E-state index is 0.163. The van der Waals surface area contributed by atoms with E-state index in [9.17, 15) is 24.9 Å². The summed E-state index contributed by atoms with van der Waals surface area (Å²) < 4.78 is 5.44. The van der Waals surface area contributed by atoms with Crippen LogP contribution < -0.4 is 4.74 Å². The fourth-order valence-electron chi connectivity index (χ4n) is 2.47. The third kappa shape index (κ3) is 3.04. The molecule has 8 heteroatoms. The van der Waals surface area contributed by atoms with Gasteiger partial charge in [0.1, 0.15) is 18.0 Å². The summed E-state index contributed by atoms with van der Waals surface area (Å²) in [5.41, 5.74) is -2.01. The Labute approximate surface area is 137 Å². The predicted octanol–water partition coefficient (Wildman–Crippen LogP) is -0.852. The molecule has 1 heterocycles. The number of aldehydes is 1. The Morgan fingerprint density at radius 3 is 2.62 bits per heavy atom. The first-order chi connectivity index (χ1) is 11.4. The molecule has 24 heavy (non-hydrogen) atoms. The minimum Gasteiger partial charge on any atom is -0.477 e. The number of para-hydroxylation sites is 1. The lowest BCUT2D eigenvalue weighted by atomic mass is 9.84. The van der Waals surface area contributed by atoms with E-state index in [1.54, 1.807) is 24.3 Å². The van der Waals surface area contributed by atoms with Crippen molar-refractivity contribution in [2.75, 3.05) is 6.61 Å². The molecular formula is C16H19NO7. The smallest absolute Gasteiger partial charge is 0.195 e. The van der Waals surface area contributed by atoms with Crippen molar-refractivity contribution < 1.29 is 34.8 Å². The number of aromatic amines is 1. The summed E-state index contributed by atoms with van der Waals surface area (Å²) in [4.78, 5) is 26.2. The number of hydrogen-bond donors (Lipinski definition) is 5. The van der Waals surface area contributed by atoms with Crippen LogP contribution in [0.1, 0.15) is 6.92 Å². The molecule has 0 saturated carbocycles. The van der Waals surface area contributed by atoms with E-state index in [1.165, 1.54) is 6.20 Å². The number of nitrogens with one attached hydrogen (secondary N) is 1. The van der Waals surface area contributed by atoms with Crippen molar-refractivity contribution in [2.45, 2.75) is 30.8 Å². The zero-order valence-electron chi connectivity index (χ0n) is 12.9. The number of fused-ring (bicyclic) bond motifs is 1. The zero-order chi connectivity index (χ0) is 17.9. The molecule has 2 aromatic rings. The number of benzene rings is 1. The van der Waals surface area contributed by atoms with Gasteiger partial charge < -0.3 is 30.1 Å². The molecule has 0 aliphatic rings. The van der Waals surface area contributed by atoms with Crippen LogP contribution in [0.5, 0.6) is 5.75 Å². The van der Waals surface area contributed by atoms with Gasteiger partial charge >= 0.3 is 0 Å². The Kier molecular flexibility index (Phi) is 5.35. The van der Waals surface area contributed by atoms with Gasteiger partial charge in [0.2, 0.25) is 0 Å². The molecule has 0 bridgehead atoms. The number of aromatic nitrogens is 1. The number of aliphatic hydroxyl groups is 4. The van der Waals surface area contributed by atoms with Gasteiger partial charge in [-0.2, -0.15) is 0 Å². The second-order valence-electron chi connectivity index (χ2n) is 5.45. The van der Waals surface area contributed by atoms with E-state index >= 15 is 0 Å². The van der Waals surface area contributed by atoms with Gasteiger partial charge in [-0.3, -0.25) is 9.59 Å². The summed E-state index contributed by atoms with van der Waals surface area (Å²) in [6.07, 6.45) is -4.12. The van der Waals surface area contributed by atoms with Crippen LogP contribution in [0.25, 0.3) is 10.9 Å². The molecule has 0 fully saturated rings. The van der Waals surface area contributed by atoms with Crippen LogP contribution in [-0.4, -0.2) is 68.0 Å². The highest BCUT2D eigenvalue weighted by Gasteiger charge is 2.52. The predicted molar refractivity (Wildman–Crippen MR) is 83.5 cm³/mol. The highest BCUT2D eigenvalue weighted by Crippen LogP contribution is 2.29. The summed E-state index contributed by atoms with van der Waals surface area (Å²) >= 11 is 0. The summed E-state index contributed by atoms with van der Waals surface area (Å²) in [6.45, 7) is 0.0395. The summed E-state index contributed by atoms with van der Waals surface area (Å²) in [5, 5.41) is 39.7. The van der Waals surface area contributed by atoms with Crippen LogP contribution >= 0.6 is 0 Å². The Hall–Kier alpha value is -2.26. The standard InChI is InChI=1S/C16H19NO7/c1-9(20)16(23,15(22)12(21)7-18)14(8-19)24-13-6-17-11-5-3-2-4-10(11)13/h2-6,8,12,14-15,17-18,21-23H,7H2,1H3/t12-,14+,15-,16-/m1/s1. The third-order valence-corrected chi connectivity index (χ3v) is 3.93. The molecule has 4 atom stereocenters. The third-order valence-electron chi connectivity index (χ3n) is 3.93. The Morgan fingerprint density at radius 1 is 1.38 bits per heavy atom. The number of hydrogen-bond acceptors (Lipinski definition) is 7. The molecule has 8 nitrogen and oxygen atoms in total. The Bertz CT molecular complexity index is 728. The van der Waals surface area contributed by atoms with E-state index in [0.29, 0.717) is 10.9 Å². The van der Waals surface area contributed by atoms with Crippen LogP contribution in [-0.2, 0) is 9.59 Å². The van der Waals surface area contributed by atoms with Crippen molar-refractivity contribution >= 4 is 23.0 Å². The number of ether oxygens (including phenoxy) is 1. The molecule has 0 amide bonds. The van der Waals surface area contributed by atoms with Crippen molar-refractivity contribution in [2.24, 2.45) is 0 Å². The second-order valence-corrected chi connectivity index (χ2v) is 5.45. The van der Waals surface area contributed by atoms with E-state index < -0.39 is 36.3 Å². The number of ketones is 1. The second kappa shape index (κ2) is 7.10. The van der Waals surface area contributed by atoms with Gasteiger partial charge in [0, 0.05) is 17.1 Å². The van der Waals surface area contributed by atoms with Crippen LogP contribution in [0.4, 0.5) is 0 Å². The molecule has 130 valence electrons. The van der Waals surface area contributed by atoms with E-state index in [0.717, 1.165) is 6.92 Å². The van der Waals surface area contributed by atoms with Crippen molar-refractivity contribution in [1.82, 2.24) is 4.98 Å². The lowest BCUT2D eigenvalue weighted by Crippen LogP contribution is -2.63. The van der Waals surface area contributed by atoms with Crippen LogP contribution in [0.15, 0.2) is 30.5 Å². The molecular weight excluding hydrogens is 318 g/mol. The maximum Gasteiger partial charge on any atom is 0.195 e. The number of carbonyl (C=O) groups is 2. The molecule has 2 rings (SSSR count). The Balaban J connectivity index is 2.40. The summed E-state index contributed by atoms with van der Waals surface area (Å²) in [7, 11) is 0. The molecule has 1 aromatic heterocycles. The van der Waals surface area contributed by atoms with Crippen molar-refractivity contribution in [3.63, 3.8) is 0 Å². The zero-order valence-corrected chi connectivity index (χ0v) is 12.9. The van der Waals surface area contributed by atoms with Crippen molar-refractivity contribution in [3.05, 3.63) is 30.5 Å². The largest absolute Gasteiger partial charge is 0.477 e. The molecule has 0 aliphatic heterocycles. The quantitative estimate of drug-likeness (QED) is 0.395. The molecule has 5 N–H and O–H groups in total. The number of rotatable bonds is 8. The minimum atomic E-state index is -2.72. The summed E-state index contributed by atoms with van der Waals surface area (Å²) in [5.74, 6) is -0.799. The van der Waals surface area contributed by atoms with Gasteiger partial charge in [-0.1, -0.05) is 12.1 Å². The maximum atomic E-state index is 11.9. The first-order valence-electron chi connectivity index (χ1n) is 7.24. The molecule has 0 aliphatic carbocycles. The number of H-pyrrole nitrogens is 1. The SMILES string of the molecule is CC(=O)[C@@](O)([C@H](C=O)Oc1c[nH]c2ccccc12)[C@H](O)[C@H](O)CO. The lowest BCUT2D eigenvalue weighted by molar-refractivity contribution is -0.184. The first kappa shape index (κ1) is 18.1.